The summed E-state index contributed by atoms with van der Waals surface area (Å²) in [5.41, 5.74) is 7.51. The van der Waals surface area contributed by atoms with Gasteiger partial charge < -0.3 is 20.9 Å². The number of rotatable bonds is 8. The van der Waals surface area contributed by atoms with Gasteiger partial charge in [-0.25, -0.2) is 0 Å². The van der Waals surface area contributed by atoms with Gasteiger partial charge in [-0.1, -0.05) is 6.92 Å². The molecule has 0 bridgehead atoms. The Morgan fingerprint density at radius 1 is 1.39 bits per heavy atom. The van der Waals surface area contributed by atoms with Crippen LogP contribution in [0.4, 0.5) is 11.4 Å². The number of nitrogens with two attached hydrogens (primary N) is 1. The van der Waals surface area contributed by atoms with Crippen LogP contribution in [0.25, 0.3) is 0 Å². The van der Waals surface area contributed by atoms with Crippen LogP contribution in [0.1, 0.15) is 33.1 Å². The highest BCUT2D eigenvalue weighted by molar-refractivity contribution is 5.59. The molecular weight excluding hydrogens is 228 g/mol. The van der Waals surface area contributed by atoms with Gasteiger partial charge in [0, 0.05) is 36.2 Å². The summed E-state index contributed by atoms with van der Waals surface area (Å²) in [5, 5.41) is 12.2. The monoisotopic (exact) mass is 252 g/mol. The van der Waals surface area contributed by atoms with Gasteiger partial charge in [0.15, 0.2) is 0 Å². The number of hydrogen-bond donors (Lipinski definition) is 3. The average molecular weight is 252 g/mol. The van der Waals surface area contributed by atoms with E-state index in [1.807, 2.05) is 18.2 Å². The highest BCUT2D eigenvalue weighted by atomic mass is 16.5. The fourth-order valence-electron chi connectivity index (χ4n) is 1.76. The van der Waals surface area contributed by atoms with Crippen LogP contribution in [0, 0.1) is 0 Å². The van der Waals surface area contributed by atoms with Gasteiger partial charge in [-0.3, -0.25) is 0 Å². The lowest BCUT2D eigenvalue weighted by molar-refractivity contribution is 0.282. The zero-order chi connectivity index (χ0) is 13.4. The molecule has 1 atom stereocenters. The number of anilines is 2. The van der Waals surface area contributed by atoms with E-state index in [1.54, 1.807) is 0 Å². The molecule has 102 valence electrons. The maximum Gasteiger partial charge on any atom is 0.123 e. The number of nitrogens with one attached hydrogen (secondary N) is 1. The molecule has 18 heavy (non-hydrogen) atoms. The number of aliphatic hydroxyl groups excluding tert-OH is 1. The summed E-state index contributed by atoms with van der Waals surface area (Å²) in [5.74, 6) is 0.800. The fraction of sp³-hybridized carbons (Fsp3) is 0.571. The third kappa shape index (κ3) is 5.27. The number of hydrogen-bond acceptors (Lipinski definition) is 4. The third-order valence-corrected chi connectivity index (χ3v) is 2.61. The van der Waals surface area contributed by atoms with E-state index in [9.17, 15) is 0 Å². The molecule has 0 heterocycles. The molecular formula is C14H24N2O2. The number of nitrogen functional groups attached to an aromatic ring is 1. The maximum absolute atomic E-state index is 8.80. The Morgan fingerprint density at radius 2 is 2.17 bits per heavy atom. The SMILES string of the molecule is CCCOc1cc(N)cc(NC(C)CCCO)c1. The van der Waals surface area contributed by atoms with E-state index in [-0.39, 0.29) is 6.61 Å². The molecule has 0 spiro atoms. The van der Waals surface area contributed by atoms with Gasteiger partial charge in [0.05, 0.1) is 6.61 Å². The number of benzene rings is 1. The Balaban J connectivity index is 2.61. The molecule has 0 fully saturated rings. The van der Waals surface area contributed by atoms with Crippen molar-refractivity contribution in [3.05, 3.63) is 18.2 Å². The summed E-state index contributed by atoms with van der Waals surface area (Å²) in [6.07, 6.45) is 2.70. The van der Waals surface area contributed by atoms with Gasteiger partial charge in [-0.05, 0) is 32.3 Å². The summed E-state index contributed by atoms with van der Waals surface area (Å²) in [6, 6.07) is 5.99. The second-order valence-electron chi connectivity index (χ2n) is 4.55. The van der Waals surface area contributed by atoms with E-state index in [1.165, 1.54) is 0 Å². The molecule has 0 aromatic heterocycles. The first-order valence-electron chi connectivity index (χ1n) is 6.56. The van der Waals surface area contributed by atoms with Crippen molar-refractivity contribution >= 4 is 11.4 Å². The molecule has 0 aliphatic heterocycles. The predicted octanol–water partition coefficient (Wildman–Crippen LogP) is 2.63. The average Bonchev–Trinajstić information content (AvgIpc) is 2.33. The lowest BCUT2D eigenvalue weighted by Crippen LogP contribution is -2.15. The van der Waals surface area contributed by atoms with E-state index in [2.05, 4.69) is 19.2 Å². The van der Waals surface area contributed by atoms with Crippen molar-refractivity contribution in [2.45, 2.75) is 39.2 Å². The molecule has 1 rings (SSSR count). The summed E-state index contributed by atoms with van der Waals surface area (Å²) in [4.78, 5) is 0. The van der Waals surface area contributed by atoms with Crippen LogP contribution in [0.3, 0.4) is 0 Å². The minimum Gasteiger partial charge on any atom is -0.493 e. The first-order chi connectivity index (χ1) is 8.65. The van der Waals surface area contributed by atoms with Crippen molar-refractivity contribution < 1.29 is 9.84 Å². The Bertz CT molecular complexity index is 356. The van der Waals surface area contributed by atoms with Crippen LogP contribution in [-0.2, 0) is 0 Å². The third-order valence-electron chi connectivity index (χ3n) is 2.61. The van der Waals surface area contributed by atoms with Crippen molar-refractivity contribution in [3.8, 4) is 5.75 Å². The Kier molecular flexibility index (Phi) is 6.36. The van der Waals surface area contributed by atoms with Gasteiger partial charge in [-0.2, -0.15) is 0 Å². The lowest BCUT2D eigenvalue weighted by atomic mass is 10.1. The summed E-state index contributed by atoms with van der Waals surface area (Å²) in [6.45, 7) is 5.09. The first-order valence-corrected chi connectivity index (χ1v) is 6.56. The van der Waals surface area contributed by atoms with Crippen LogP contribution in [-0.4, -0.2) is 24.4 Å². The van der Waals surface area contributed by atoms with Gasteiger partial charge in [-0.15, -0.1) is 0 Å². The molecule has 1 aromatic carbocycles. The molecule has 4 nitrogen and oxygen atoms in total. The van der Waals surface area contributed by atoms with Crippen LogP contribution < -0.4 is 15.8 Å². The van der Waals surface area contributed by atoms with Crippen LogP contribution in [0.2, 0.25) is 0 Å². The molecule has 0 amide bonds. The van der Waals surface area contributed by atoms with Gasteiger partial charge in [0.25, 0.3) is 0 Å². The van der Waals surface area contributed by atoms with Gasteiger partial charge in [0.1, 0.15) is 5.75 Å². The minimum absolute atomic E-state index is 0.230. The fourth-order valence-corrected chi connectivity index (χ4v) is 1.76. The van der Waals surface area contributed by atoms with Crippen molar-refractivity contribution in [1.29, 1.82) is 0 Å². The molecule has 0 radical (unpaired) electrons. The second kappa shape index (κ2) is 7.82. The van der Waals surface area contributed by atoms with Crippen LogP contribution in [0.15, 0.2) is 18.2 Å². The van der Waals surface area contributed by atoms with E-state index in [0.29, 0.717) is 18.3 Å². The highest BCUT2D eigenvalue weighted by Gasteiger charge is 2.04. The molecule has 0 aliphatic rings. The highest BCUT2D eigenvalue weighted by Crippen LogP contribution is 2.23. The molecule has 0 saturated carbocycles. The topological polar surface area (TPSA) is 67.5 Å². The van der Waals surface area contributed by atoms with E-state index in [0.717, 1.165) is 30.7 Å². The Morgan fingerprint density at radius 3 is 2.83 bits per heavy atom. The normalized spacial score (nSPS) is 12.2. The first kappa shape index (κ1) is 14.6. The molecule has 1 unspecified atom stereocenters. The minimum atomic E-state index is 0.230. The van der Waals surface area contributed by atoms with Crippen molar-refractivity contribution in [2.75, 3.05) is 24.3 Å². The molecule has 1 aromatic rings. The molecule has 4 N–H and O–H groups in total. The largest absolute Gasteiger partial charge is 0.493 e. The quantitative estimate of drug-likeness (QED) is 0.622. The molecule has 0 saturated heterocycles. The van der Waals surface area contributed by atoms with Crippen LogP contribution in [0.5, 0.6) is 5.75 Å². The number of ether oxygens (including phenoxy) is 1. The van der Waals surface area contributed by atoms with Crippen LogP contribution >= 0.6 is 0 Å². The Hall–Kier alpha value is -1.42. The van der Waals surface area contributed by atoms with Crippen molar-refractivity contribution in [2.24, 2.45) is 0 Å². The van der Waals surface area contributed by atoms with Gasteiger partial charge in [0.2, 0.25) is 0 Å². The van der Waals surface area contributed by atoms with E-state index >= 15 is 0 Å². The molecule has 0 aliphatic carbocycles. The number of aliphatic hydroxyl groups is 1. The summed E-state index contributed by atoms with van der Waals surface area (Å²) in [7, 11) is 0. The smallest absolute Gasteiger partial charge is 0.123 e. The summed E-state index contributed by atoms with van der Waals surface area (Å²) >= 11 is 0. The summed E-state index contributed by atoms with van der Waals surface area (Å²) < 4.78 is 5.58. The standard InChI is InChI=1S/C14H24N2O2/c1-3-7-18-14-9-12(15)8-13(10-14)16-11(2)5-4-6-17/h8-11,16-17H,3-7,15H2,1-2H3. The molecule has 4 heteroatoms. The maximum atomic E-state index is 8.80. The zero-order valence-electron chi connectivity index (χ0n) is 11.3. The van der Waals surface area contributed by atoms with E-state index < -0.39 is 0 Å². The van der Waals surface area contributed by atoms with Crippen molar-refractivity contribution in [1.82, 2.24) is 0 Å². The van der Waals surface area contributed by atoms with Gasteiger partial charge >= 0.3 is 0 Å². The predicted molar refractivity (Wildman–Crippen MR) is 76.0 cm³/mol. The van der Waals surface area contributed by atoms with E-state index in [4.69, 9.17) is 15.6 Å². The Labute approximate surface area is 109 Å². The lowest BCUT2D eigenvalue weighted by Gasteiger charge is -2.16. The zero-order valence-corrected chi connectivity index (χ0v) is 11.3. The second-order valence-corrected chi connectivity index (χ2v) is 4.55. The van der Waals surface area contributed by atoms with Crippen molar-refractivity contribution in [3.63, 3.8) is 0 Å².